The third-order valence-corrected chi connectivity index (χ3v) is 7.82. The van der Waals surface area contributed by atoms with Crippen molar-refractivity contribution in [3.8, 4) is 0 Å². The minimum absolute atomic E-state index is 0.00157. The molecule has 3 nitrogen and oxygen atoms in total. The number of nitrogens with two attached hydrogens (primary N) is 1. The van der Waals surface area contributed by atoms with Gasteiger partial charge in [0, 0.05) is 12.0 Å². The summed E-state index contributed by atoms with van der Waals surface area (Å²) < 4.78 is 14.4. The number of aliphatic hydroxyl groups excluding tert-OH is 2. The lowest BCUT2D eigenvalue weighted by Crippen LogP contribution is -2.54. The van der Waals surface area contributed by atoms with E-state index in [1.807, 2.05) is 12.2 Å². The van der Waals surface area contributed by atoms with Gasteiger partial charge in [0.2, 0.25) is 0 Å². The van der Waals surface area contributed by atoms with Crippen LogP contribution in [0.4, 0.5) is 4.39 Å². The first-order valence-corrected chi connectivity index (χ1v) is 8.95. The van der Waals surface area contributed by atoms with E-state index in [1.165, 1.54) is 0 Å². The zero-order valence-electron chi connectivity index (χ0n) is 14.0. The summed E-state index contributed by atoms with van der Waals surface area (Å²) in [5.41, 5.74) is 5.92. The minimum Gasteiger partial charge on any atom is -0.512 e. The van der Waals surface area contributed by atoms with E-state index in [2.05, 4.69) is 19.9 Å². The zero-order valence-corrected chi connectivity index (χ0v) is 14.0. The highest BCUT2D eigenvalue weighted by molar-refractivity contribution is 5.27. The van der Waals surface area contributed by atoms with Gasteiger partial charge in [-0.1, -0.05) is 26.0 Å². The summed E-state index contributed by atoms with van der Waals surface area (Å²) in [6.07, 6.45) is 7.60. The lowest BCUT2D eigenvalue weighted by Gasteiger charge is -2.57. The van der Waals surface area contributed by atoms with Crippen LogP contribution in [0, 0.1) is 34.5 Å². The fourth-order valence-corrected chi connectivity index (χ4v) is 6.26. The third kappa shape index (κ3) is 1.94. The summed E-state index contributed by atoms with van der Waals surface area (Å²) in [5, 5.41) is 20.7. The molecular weight excluding hydrogens is 293 g/mol. The SMILES string of the molecule is C[C@]12CC[C@H]3[C@@H](C(O)=CC4C[C@H](O)C=C[C@@]43C)[C@@H]1C[C@H](F)[C@@H]2N. The Labute approximate surface area is 137 Å². The maximum Gasteiger partial charge on any atom is 0.116 e. The van der Waals surface area contributed by atoms with Crippen LogP contribution < -0.4 is 5.73 Å². The number of alkyl halides is 1. The minimum atomic E-state index is -0.967. The Morgan fingerprint density at radius 1 is 1.26 bits per heavy atom. The van der Waals surface area contributed by atoms with Crippen LogP contribution in [0.5, 0.6) is 0 Å². The maximum atomic E-state index is 14.4. The average molecular weight is 321 g/mol. The molecule has 4 aliphatic carbocycles. The van der Waals surface area contributed by atoms with E-state index in [0.29, 0.717) is 24.5 Å². The van der Waals surface area contributed by atoms with Crippen LogP contribution in [0.25, 0.3) is 0 Å². The predicted octanol–water partition coefficient (Wildman–Crippen LogP) is 3.10. The van der Waals surface area contributed by atoms with E-state index < -0.39 is 18.3 Å². The van der Waals surface area contributed by atoms with Crippen LogP contribution in [0.1, 0.15) is 39.5 Å². The molecule has 0 aromatic carbocycles. The van der Waals surface area contributed by atoms with Crippen LogP contribution >= 0.6 is 0 Å². The van der Waals surface area contributed by atoms with Crippen molar-refractivity contribution in [3.05, 3.63) is 24.0 Å². The van der Waals surface area contributed by atoms with Crippen molar-refractivity contribution < 1.29 is 14.6 Å². The average Bonchev–Trinajstić information content (AvgIpc) is 2.73. The summed E-state index contributed by atoms with van der Waals surface area (Å²) in [7, 11) is 0. The molecule has 0 bridgehead atoms. The first kappa shape index (κ1) is 15.6. The molecule has 0 aromatic heterocycles. The Kier molecular flexibility index (Phi) is 3.28. The van der Waals surface area contributed by atoms with Crippen molar-refractivity contribution in [1.29, 1.82) is 0 Å². The lowest BCUT2D eigenvalue weighted by atomic mass is 9.48. The van der Waals surface area contributed by atoms with Gasteiger partial charge in [-0.15, -0.1) is 0 Å². The first-order chi connectivity index (χ1) is 10.8. The van der Waals surface area contributed by atoms with Crippen molar-refractivity contribution in [3.63, 3.8) is 0 Å². The number of fused-ring (bicyclic) bond motifs is 5. The molecule has 0 aromatic rings. The van der Waals surface area contributed by atoms with Crippen LogP contribution in [0.15, 0.2) is 24.0 Å². The van der Waals surface area contributed by atoms with E-state index in [4.69, 9.17) is 5.73 Å². The van der Waals surface area contributed by atoms with Gasteiger partial charge in [0.25, 0.3) is 0 Å². The normalized spacial score (nSPS) is 58.1. The van der Waals surface area contributed by atoms with Gasteiger partial charge in [0.15, 0.2) is 0 Å². The topological polar surface area (TPSA) is 66.5 Å². The molecule has 4 heteroatoms. The fraction of sp³-hybridized carbons (Fsp3) is 0.789. The number of halogens is 1. The lowest BCUT2D eigenvalue weighted by molar-refractivity contribution is -0.0469. The smallest absolute Gasteiger partial charge is 0.116 e. The van der Waals surface area contributed by atoms with E-state index in [0.717, 1.165) is 12.8 Å². The molecule has 9 atom stereocenters. The standard InChI is InChI=1S/C19H28FNO2/c1-18-5-3-11(22)7-10(18)8-15(23)16-12(18)4-6-19(2)13(16)9-14(20)17(19)21/h3,5,8,10-14,16-17,22-23H,4,6-7,9,21H2,1-2H3/t10?,11-,12+,13+,14+,16-,17+,18+,19+/m1/s1. The highest BCUT2D eigenvalue weighted by Gasteiger charge is 2.62. The van der Waals surface area contributed by atoms with Gasteiger partial charge >= 0.3 is 0 Å². The first-order valence-electron chi connectivity index (χ1n) is 8.95. The molecule has 2 saturated carbocycles. The Morgan fingerprint density at radius 2 is 2.00 bits per heavy atom. The van der Waals surface area contributed by atoms with Crippen LogP contribution in [0.2, 0.25) is 0 Å². The molecule has 0 amide bonds. The van der Waals surface area contributed by atoms with E-state index in [1.54, 1.807) is 0 Å². The molecule has 4 aliphatic rings. The molecule has 128 valence electrons. The highest BCUT2D eigenvalue weighted by Crippen LogP contribution is 2.64. The van der Waals surface area contributed by atoms with Crippen molar-refractivity contribution >= 4 is 0 Å². The van der Waals surface area contributed by atoms with Crippen LogP contribution in [-0.4, -0.2) is 28.5 Å². The van der Waals surface area contributed by atoms with Gasteiger partial charge in [0.1, 0.15) is 6.17 Å². The molecule has 0 aliphatic heterocycles. The third-order valence-electron chi connectivity index (χ3n) is 7.82. The monoisotopic (exact) mass is 321 g/mol. The largest absolute Gasteiger partial charge is 0.512 e. The Hall–Kier alpha value is -0.870. The van der Waals surface area contributed by atoms with Crippen LogP contribution in [-0.2, 0) is 0 Å². The molecule has 0 spiro atoms. The van der Waals surface area contributed by atoms with Gasteiger partial charge in [-0.05, 0) is 60.3 Å². The highest BCUT2D eigenvalue weighted by atomic mass is 19.1. The number of rotatable bonds is 0. The quantitative estimate of drug-likeness (QED) is 0.601. The van der Waals surface area contributed by atoms with E-state index >= 15 is 0 Å². The van der Waals surface area contributed by atoms with Crippen LogP contribution in [0.3, 0.4) is 0 Å². The molecule has 1 unspecified atom stereocenters. The molecule has 4 N–H and O–H groups in total. The molecule has 23 heavy (non-hydrogen) atoms. The second kappa shape index (κ2) is 4.82. The van der Waals surface area contributed by atoms with E-state index in [-0.39, 0.29) is 28.6 Å². The number of hydrogen-bond acceptors (Lipinski definition) is 3. The molecule has 0 saturated heterocycles. The maximum absolute atomic E-state index is 14.4. The second-order valence-electron chi connectivity index (χ2n) is 8.79. The van der Waals surface area contributed by atoms with Crippen molar-refractivity contribution in [2.45, 2.75) is 57.8 Å². The van der Waals surface area contributed by atoms with Crippen molar-refractivity contribution in [2.24, 2.45) is 40.2 Å². The number of allylic oxidation sites excluding steroid dienone is 3. The van der Waals surface area contributed by atoms with Gasteiger partial charge in [0.05, 0.1) is 11.9 Å². The second-order valence-corrected chi connectivity index (χ2v) is 8.79. The Bertz CT molecular complexity index is 576. The summed E-state index contributed by atoms with van der Waals surface area (Å²) in [4.78, 5) is 0. The van der Waals surface area contributed by atoms with E-state index in [9.17, 15) is 14.6 Å². The number of hydrogen-bond donors (Lipinski definition) is 3. The predicted molar refractivity (Wildman–Crippen MR) is 87.4 cm³/mol. The van der Waals surface area contributed by atoms with Crippen molar-refractivity contribution in [2.75, 3.05) is 0 Å². The number of aliphatic hydroxyl groups is 2. The Morgan fingerprint density at radius 3 is 2.74 bits per heavy atom. The van der Waals surface area contributed by atoms with Gasteiger partial charge in [-0.3, -0.25) is 0 Å². The van der Waals surface area contributed by atoms with Gasteiger partial charge in [-0.2, -0.15) is 0 Å². The molecule has 4 rings (SSSR count). The summed E-state index contributed by atoms with van der Waals surface area (Å²) in [6.45, 7) is 4.35. The molecular formula is C19H28FNO2. The Balaban J connectivity index is 1.76. The zero-order chi connectivity index (χ0) is 16.6. The van der Waals surface area contributed by atoms with Gasteiger partial charge < -0.3 is 15.9 Å². The fourth-order valence-electron chi connectivity index (χ4n) is 6.26. The summed E-state index contributed by atoms with van der Waals surface area (Å²) in [6, 6.07) is -0.421. The van der Waals surface area contributed by atoms with Gasteiger partial charge in [-0.25, -0.2) is 4.39 Å². The molecule has 0 radical (unpaired) electrons. The molecule has 0 heterocycles. The summed E-state index contributed by atoms with van der Waals surface area (Å²) in [5.74, 6) is 0.987. The summed E-state index contributed by atoms with van der Waals surface area (Å²) >= 11 is 0. The van der Waals surface area contributed by atoms with Crippen molar-refractivity contribution in [1.82, 2.24) is 0 Å². The molecule has 2 fully saturated rings.